The average Bonchev–Trinajstić information content (AvgIpc) is 3.25. The molecule has 0 saturated carbocycles. The van der Waals surface area contributed by atoms with Gasteiger partial charge >= 0.3 is 0 Å². The second-order valence-corrected chi connectivity index (χ2v) is 10.1. The van der Waals surface area contributed by atoms with E-state index >= 15 is 0 Å². The molecule has 0 aliphatic carbocycles. The Morgan fingerprint density at radius 3 is 2.97 bits per heavy atom. The summed E-state index contributed by atoms with van der Waals surface area (Å²) in [4.78, 5) is 18.4. The van der Waals surface area contributed by atoms with Gasteiger partial charge in [0.25, 0.3) is 5.91 Å². The van der Waals surface area contributed by atoms with E-state index in [-0.39, 0.29) is 23.5 Å². The molecule has 0 fully saturated rings. The van der Waals surface area contributed by atoms with E-state index in [4.69, 9.17) is 4.74 Å². The lowest BCUT2D eigenvalue weighted by atomic mass is 9.89. The summed E-state index contributed by atoms with van der Waals surface area (Å²) >= 11 is 0. The van der Waals surface area contributed by atoms with Crippen LogP contribution in [0.5, 0.6) is 5.75 Å². The molecule has 0 spiro atoms. The zero-order chi connectivity index (χ0) is 24.5. The average molecular weight is 475 g/mol. The molecule has 2 aliphatic rings. The van der Waals surface area contributed by atoms with Crippen molar-refractivity contribution in [3.63, 3.8) is 0 Å². The van der Waals surface area contributed by atoms with Crippen LogP contribution in [0.3, 0.4) is 0 Å². The molecule has 2 aromatic carbocycles. The zero-order valence-electron chi connectivity index (χ0n) is 20.3. The maximum absolute atomic E-state index is 14.8. The standard InChI is InChI=1S/C28H31FN4O2/c1-17(2)15-33(9-3-4-20-14-32-25-6-5-18(13-30)10-22(20)25)21-12-23-26-19(7-8-31-28(26)34)11-24(29)27(23)35-16-21/h5-6,10-11,14,17,21,32H,3-4,7-9,12,15-16H2,1-2H3,(H,31,34). The lowest BCUT2D eigenvalue weighted by molar-refractivity contribution is 0.0921. The summed E-state index contributed by atoms with van der Waals surface area (Å²) in [6.07, 6.45) is 5.12. The molecule has 6 nitrogen and oxygen atoms in total. The fourth-order valence-electron chi connectivity index (χ4n) is 5.50. The number of benzene rings is 2. The number of nitrogens with one attached hydrogen (secondary N) is 2. The van der Waals surface area contributed by atoms with Crippen LogP contribution in [0.2, 0.25) is 0 Å². The minimum Gasteiger partial charge on any atom is -0.489 e. The maximum atomic E-state index is 14.8. The van der Waals surface area contributed by atoms with Crippen molar-refractivity contribution in [2.75, 3.05) is 26.2 Å². The van der Waals surface area contributed by atoms with Crippen molar-refractivity contribution in [1.82, 2.24) is 15.2 Å². The fourth-order valence-corrected chi connectivity index (χ4v) is 5.50. The summed E-state index contributed by atoms with van der Waals surface area (Å²) in [5, 5.41) is 13.3. The molecule has 182 valence electrons. The molecule has 7 heteroatoms. The van der Waals surface area contributed by atoms with Gasteiger partial charge in [-0.3, -0.25) is 9.69 Å². The number of carbonyl (C=O) groups is 1. The van der Waals surface area contributed by atoms with Crippen LogP contribution >= 0.6 is 0 Å². The van der Waals surface area contributed by atoms with E-state index in [0.717, 1.165) is 42.4 Å². The van der Waals surface area contributed by atoms with E-state index in [2.05, 4.69) is 35.1 Å². The van der Waals surface area contributed by atoms with Crippen LogP contribution in [-0.2, 0) is 19.3 Å². The number of aromatic nitrogens is 1. The molecule has 1 atom stereocenters. The highest BCUT2D eigenvalue weighted by atomic mass is 19.1. The predicted octanol–water partition coefficient (Wildman–Crippen LogP) is 4.36. The Kier molecular flexibility index (Phi) is 6.48. The van der Waals surface area contributed by atoms with E-state index < -0.39 is 0 Å². The van der Waals surface area contributed by atoms with Crippen LogP contribution < -0.4 is 10.1 Å². The van der Waals surface area contributed by atoms with Crippen LogP contribution in [0.15, 0.2) is 30.5 Å². The van der Waals surface area contributed by atoms with Gasteiger partial charge in [-0.2, -0.15) is 5.26 Å². The first kappa shape index (κ1) is 23.4. The van der Waals surface area contributed by atoms with E-state index in [1.807, 2.05) is 24.4 Å². The van der Waals surface area contributed by atoms with Crippen molar-refractivity contribution in [3.8, 4) is 11.8 Å². The SMILES string of the molecule is CC(C)CN(CCCc1c[nH]c2ccc(C#N)cc12)C1COc2c(F)cc3c(c2C1)C(=O)NCC3. The van der Waals surface area contributed by atoms with Crippen LogP contribution in [-0.4, -0.2) is 48.1 Å². The number of aromatic amines is 1. The van der Waals surface area contributed by atoms with Gasteiger partial charge in [0.1, 0.15) is 6.61 Å². The van der Waals surface area contributed by atoms with Gasteiger partial charge in [-0.1, -0.05) is 13.8 Å². The lowest BCUT2D eigenvalue weighted by Crippen LogP contribution is -2.46. The van der Waals surface area contributed by atoms with E-state index in [1.165, 1.54) is 11.6 Å². The molecule has 2 aliphatic heterocycles. The number of fused-ring (bicyclic) bond motifs is 4. The van der Waals surface area contributed by atoms with Crippen LogP contribution in [0.4, 0.5) is 4.39 Å². The Bertz CT molecular complexity index is 1310. The van der Waals surface area contributed by atoms with Crippen LogP contribution in [0, 0.1) is 23.1 Å². The summed E-state index contributed by atoms with van der Waals surface area (Å²) in [5.74, 6) is 0.220. The smallest absolute Gasteiger partial charge is 0.251 e. The minimum atomic E-state index is -0.363. The molecule has 3 aromatic rings. The first-order valence-corrected chi connectivity index (χ1v) is 12.4. The van der Waals surface area contributed by atoms with E-state index in [0.29, 0.717) is 48.6 Å². The second kappa shape index (κ2) is 9.71. The van der Waals surface area contributed by atoms with Crippen molar-refractivity contribution in [3.05, 3.63) is 64.1 Å². The summed E-state index contributed by atoms with van der Waals surface area (Å²) in [7, 11) is 0. The van der Waals surface area contributed by atoms with Crippen molar-refractivity contribution in [2.45, 2.75) is 45.6 Å². The Labute approximate surface area is 205 Å². The molecule has 1 unspecified atom stereocenters. The van der Waals surface area contributed by atoms with E-state index in [9.17, 15) is 14.4 Å². The molecule has 35 heavy (non-hydrogen) atoms. The minimum absolute atomic E-state index is 0.0821. The maximum Gasteiger partial charge on any atom is 0.251 e. The predicted molar refractivity (Wildman–Crippen MR) is 133 cm³/mol. The van der Waals surface area contributed by atoms with Gasteiger partial charge in [-0.05, 0) is 73.5 Å². The molecule has 2 N–H and O–H groups in total. The van der Waals surface area contributed by atoms with Gasteiger partial charge in [-0.25, -0.2) is 4.39 Å². The first-order chi connectivity index (χ1) is 16.9. The summed E-state index contributed by atoms with van der Waals surface area (Å²) in [5.41, 5.74) is 5.01. The lowest BCUT2D eigenvalue weighted by Gasteiger charge is -2.37. The number of nitriles is 1. The highest BCUT2D eigenvalue weighted by Crippen LogP contribution is 2.36. The number of ether oxygens (including phenoxy) is 1. The topological polar surface area (TPSA) is 81.2 Å². The number of halogens is 1. The summed E-state index contributed by atoms with van der Waals surface area (Å²) < 4.78 is 20.7. The number of hydrogen-bond acceptors (Lipinski definition) is 4. The number of amides is 1. The van der Waals surface area contributed by atoms with Crippen molar-refractivity contribution in [1.29, 1.82) is 5.26 Å². The van der Waals surface area contributed by atoms with Crippen molar-refractivity contribution >= 4 is 16.8 Å². The van der Waals surface area contributed by atoms with Gasteiger partial charge in [0.05, 0.1) is 11.6 Å². The highest BCUT2D eigenvalue weighted by molar-refractivity contribution is 5.99. The van der Waals surface area contributed by atoms with Crippen LogP contribution in [0.25, 0.3) is 10.9 Å². The Morgan fingerprint density at radius 1 is 1.31 bits per heavy atom. The molecule has 5 rings (SSSR count). The third kappa shape index (κ3) is 4.63. The molecule has 1 aromatic heterocycles. The number of H-pyrrole nitrogens is 1. The summed E-state index contributed by atoms with van der Waals surface area (Å²) in [6, 6.07) is 9.50. The van der Waals surface area contributed by atoms with Gasteiger partial charge < -0.3 is 15.0 Å². The van der Waals surface area contributed by atoms with Crippen LogP contribution in [0.1, 0.15) is 52.9 Å². The van der Waals surface area contributed by atoms with Gasteiger partial charge in [0.2, 0.25) is 0 Å². The van der Waals surface area contributed by atoms with E-state index in [1.54, 1.807) is 0 Å². The molecule has 0 saturated heterocycles. The number of rotatable bonds is 7. The number of hydrogen-bond donors (Lipinski definition) is 2. The van der Waals surface area contributed by atoms with Crippen molar-refractivity contribution in [2.24, 2.45) is 5.92 Å². The fraction of sp³-hybridized carbons (Fsp3) is 0.429. The summed E-state index contributed by atoms with van der Waals surface area (Å²) in [6.45, 7) is 7.12. The molecule has 1 amide bonds. The van der Waals surface area contributed by atoms with Gasteiger partial charge in [-0.15, -0.1) is 0 Å². The van der Waals surface area contributed by atoms with Crippen molar-refractivity contribution < 1.29 is 13.9 Å². The second-order valence-electron chi connectivity index (χ2n) is 10.1. The first-order valence-electron chi connectivity index (χ1n) is 12.4. The van der Waals surface area contributed by atoms with Gasteiger partial charge in [0.15, 0.2) is 11.6 Å². The third-order valence-electron chi connectivity index (χ3n) is 7.09. The Hall–Kier alpha value is -3.37. The Morgan fingerprint density at radius 2 is 2.17 bits per heavy atom. The quantitative estimate of drug-likeness (QED) is 0.533. The number of nitrogens with zero attached hydrogens (tertiary/aromatic N) is 2. The molecular weight excluding hydrogens is 443 g/mol. The monoisotopic (exact) mass is 474 g/mol. The molecule has 0 bridgehead atoms. The number of carbonyl (C=O) groups excluding carboxylic acids is 1. The number of aryl methyl sites for hydroxylation is 1. The molecule has 0 radical (unpaired) electrons. The molecular formula is C28H31FN4O2. The van der Waals surface area contributed by atoms with Gasteiger partial charge in [0, 0.05) is 47.4 Å². The zero-order valence-corrected chi connectivity index (χ0v) is 20.3. The molecule has 3 heterocycles. The highest BCUT2D eigenvalue weighted by Gasteiger charge is 2.33. The normalized spacial score (nSPS) is 17.1. The Balaban J connectivity index is 1.34. The third-order valence-corrected chi connectivity index (χ3v) is 7.09. The largest absolute Gasteiger partial charge is 0.489 e.